The van der Waals surface area contributed by atoms with Crippen molar-refractivity contribution in [3.05, 3.63) is 59.9 Å². The molecule has 1 aromatic carbocycles. The Balaban J connectivity index is 1.51. The Morgan fingerprint density at radius 3 is 2.59 bits per heavy atom. The molecule has 0 bridgehead atoms. The molecule has 0 radical (unpaired) electrons. The average Bonchev–Trinajstić information content (AvgIpc) is 3.31. The minimum atomic E-state index is 0.628. The van der Waals surface area contributed by atoms with Crippen molar-refractivity contribution in [2.24, 2.45) is 17.9 Å². The molecule has 3 N–H and O–H groups in total. The summed E-state index contributed by atoms with van der Waals surface area (Å²) in [4.78, 5) is 0. The molecule has 0 amide bonds. The molecule has 27 heavy (non-hydrogen) atoms. The van der Waals surface area contributed by atoms with Crippen molar-refractivity contribution in [1.82, 2.24) is 9.99 Å². The van der Waals surface area contributed by atoms with Crippen molar-refractivity contribution in [2.75, 3.05) is 13.1 Å². The molecule has 1 aliphatic rings. The zero-order valence-corrected chi connectivity index (χ0v) is 15.9. The number of aromatic nitrogens is 2. The quantitative estimate of drug-likeness (QED) is 0.323. The van der Waals surface area contributed by atoms with Gasteiger partial charge in [0.2, 0.25) is 0 Å². The highest BCUT2D eigenvalue weighted by Crippen LogP contribution is 2.20. The Bertz CT molecular complexity index is 1020. The second kappa shape index (κ2) is 7.23. The fraction of sp³-hybridized carbons (Fsp3) is 0.286. The molecule has 0 aliphatic carbocycles. The first-order valence-corrected chi connectivity index (χ1v) is 9.36. The minimum absolute atomic E-state index is 0.628. The third kappa shape index (κ3) is 3.56. The van der Waals surface area contributed by atoms with Gasteiger partial charge in [-0.2, -0.15) is 5.43 Å². The van der Waals surface area contributed by atoms with E-state index in [2.05, 4.69) is 86.8 Å². The van der Waals surface area contributed by atoms with Crippen LogP contribution in [0, 0.1) is 6.92 Å². The number of benzene rings is 1. The number of hydrogen-bond acceptors (Lipinski definition) is 1. The molecule has 0 atom stereocenters. The largest absolute Gasteiger partial charge is 0.367 e. The molecule has 3 aromatic rings. The molecule has 3 heterocycles. The van der Waals surface area contributed by atoms with E-state index in [-0.39, 0.29) is 0 Å². The fourth-order valence-corrected chi connectivity index (χ4v) is 3.56. The van der Waals surface area contributed by atoms with Crippen LogP contribution in [0.4, 0.5) is 0 Å². The van der Waals surface area contributed by atoms with Gasteiger partial charge in [0.25, 0.3) is 5.65 Å². The third-order valence-corrected chi connectivity index (χ3v) is 5.11. The van der Waals surface area contributed by atoms with Crippen LogP contribution in [0.1, 0.15) is 24.0 Å². The number of nitrogens with zero attached hydrogens (tertiary/aromatic N) is 4. The van der Waals surface area contributed by atoms with E-state index in [4.69, 9.17) is 5.73 Å². The highest BCUT2D eigenvalue weighted by molar-refractivity contribution is 5.82. The topological polar surface area (TPSA) is 62.5 Å². The van der Waals surface area contributed by atoms with Gasteiger partial charge < -0.3 is 0 Å². The molecule has 138 valence electrons. The lowest BCUT2D eigenvalue weighted by Gasteiger charge is -2.00. The average molecular weight is 362 g/mol. The summed E-state index contributed by atoms with van der Waals surface area (Å²) >= 11 is 0. The summed E-state index contributed by atoms with van der Waals surface area (Å²) in [5.41, 5.74) is 14.7. The molecule has 6 heteroatoms. The molecule has 2 aromatic heterocycles. The van der Waals surface area contributed by atoms with Crippen molar-refractivity contribution in [2.45, 2.75) is 19.8 Å². The first kappa shape index (κ1) is 17.3. The Kier molecular flexibility index (Phi) is 4.62. The van der Waals surface area contributed by atoms with Crippen molar-refractivity contribution >= 4 is 17.8 Å². The zero-order chi connectivity index (χ0) is 18.8. The zero-order valence-electron chi connectivity index (χ0n) is 15.9. The SMILES string of the molecule is Cc1ccc2n(C)c(-c3ccc(/C=N\NC(N)=[N+]4CCCC4)cc3)c[n+]2c1. The third-order valence-electron chi connectivity index (χ3n) is 5.11. The monoisotopic (exact) mass is 362 g/mol. The van der Waals surface area contributed by atoms with E-state index < -0.39 is 0 Å². The molecular formula is C21H26N6+2. The highest BCUT2D eigenvalue weighted by atomic mass is 15.4. The lowest BCUT2D eigenvalue weighted by molar-refractivity contribution is -0.510. The van der Waals surface area contributed by atoms with Crippen LogP contribution in [0.15, 0.2) is 53.9 Å². The van der Waals surface area contributed by atoms with Gasteiger partial charge in [-0.25, -0.2) is 8.97 Å². The number of hydrogen-bond donors (Lipinski definition) is 2. The smallest absolute Gasteiger partial charge is 0.289 e. The van der Waals surface area contributed by atoms with Crippen LogP contribution < -0.4 is 15.6 Å². The van der Waals surface area contributed by atoms with Crippen molar-refractivity contribution in [3.63, 3.8) is 0 Å². The minimum Gasteiger partial charge on any atom is -0.289 e. The van der Waals surface area contributed by atoms with Gasteiger partial charge in [0.1, 0.15) is 6.20 Å². The van der Waals surface area contributed by atoms with E-state index in [0.29, 0.717) is 5.96 Å². The number of nitrogens with two attached hydrogens (primary N) is 1. The number of pyridine rings is 1. The van der Waals surface area contributed by atoms with Crippen LogP contribution in [0.25, 0.3) is 16.9 Å². The van der Waals surface area contributed by atoms with Gasteiger partial charge in [-0.3, -0.25) is 10.3 Å². The van der Waals surface area contributed by atoms with Gasteiger partial charge in [-0.15, -0.1) is 5.10 Å². The summed E-state index contributed by atoms with van der Waals surface area (Å²) in [6.45, 7) is 4.12. The Hall–Kier alpha value is -3.15. The molecule has 0 spiro atoms. The number of imidazole rings is 1. The maximum absolute atomic E-state index is 6.02. The van der Waals surface area contributed by atoms with E-state index in [0.717, 1.165) is 18.7 Å². The molecule has 1 aliphatic heterocycles. The first-order chi connectivity index (χ1) is 13.1. The van der Waals surface area contributed by atoms with Gasteiger partial charge in [-0.1, -0.05) is 12.1 Å². The van der Waals surface area contributed by atoms with Crippen LogP contribution in [0.3, 0.4) is 0 Å². The summed E-state index contributed by atoms with van der Waals surface area (Å²) in [6.07, 6.45) is 8.50. The number of nitrogens with one attached hydrogen (secondary N) is 1. The number of rotatable bonds is 3. The van der Waals surface area contributed by atoms with Gasteiger partial charge in [0.15, 0.2) is 5.69 Å². The standard InChI is InChI=1S/C21H25N6/c1-16-5-10-20-25(2)19(15-27(20)14-16)18-8-6-17(7-9-18)13-23-24-21(22)26-11-3-4-12-26/h5-10,13-15H,3-4,11-12H2,1-2H3,(H2,22,24)/q+1/p+1/b23-13-. The Morgan fingerprint density at radius 2 is 1.85 bits per heavy atom. The van der Waals surface area contributed by atoms with E-state index in [1.165, 1.54) is 35.3 Å². The second-order valence-corrected chi connectivity index (χ2v) is 7.12. The van der Waals surface area contributed by atoms with E-state index >= 15 is 0 Å². The summed E-state index contributed by atoms with van der Waals surface area (Å²) in [5.74, 6) is 0.628. The van der Waals surface area contributed by atoms with Gasteiger partial charge in [0, 0.05) is 11.6 Å². The summed E-state index contributed by atoms with van der Waals surface area (Å²) in [5, 5.41) is 4.26. The van der Waals surface area contributed by atoms with Crippen molar-refractivity contribution in [1.29, 1.82) is 0 Å². The lowest BCUT2D eigenvalue weighted by Crippen LogP contribution is -2.37. The predicted molar refractivity (Wildman–Crippen MR) is 108 cm³/mol. The van der Waals surface area contributed by atoms with E-state index in [1.807, 2.05) is 0 Å². The van der Waals surface area contributed by atoms with Gasteiger partial charge in [0.05, 0.1) is 32.5 Å². The maximum Gasteiger partial charge on any atom is 0.367 e. The Labute approximate surface area is 159 Å². The number of guanidine groups is 1. The maximum atomic E-state index is 6.02. The number of fused-ring (bicyclic) bond motifs is 1. The summed E-state index contributed by atoms with van der Waals surface area (Å²) in [6, 6.07) is 12.7. The van der Waals surface area contributed by atoms with Crippen molar-refractivity contribution in [3.8, 4) is 11.3 Å². The molecule has 4 rings (SSSR count). The fourth-order valence-electron chi connectivity index (χ4n) is 3.56. The normalized spacial score (nSPS) is 14.4. The molecule has 1 saturated heterocycles. The number of aryl methyl sites for hydroxylation is 2. The predicted octanol–water partition coefficient (Wildman–Crippen LogP) is 1.78. The molecule has 6 nitrogen and oxygen atoms in total. The molecule has 1 fully saturated rings. The van der Waals surface area contributed by atoms with Crippen molar-refractivity contribution < 1.29 is 8.98 Å². The van der Waals surface area contributed by atoms with E-state index in [9.17, 15) is 0 Å². The van der Waals surface area contributed by atoms with Crippen LogP contribution in [-0.2, 0) is 7.05 Å². The highest BCUT2D eigenvalue weighted by Gasteiger charge is 2.16. The number of hydrazone groups is 1. The summed E-state index contributed by atoms with van der Waals surface area (Å²) < 4.78 is 6.50. The molecule has 0 unspecified atom stereocenters. The second-order valence-electron chi connectivity index (χ2n) is 7.12. The lowest BCUT2D eigenvalue weighted by atomic mass is 10.1. The first-order valence-electron chi connectivity index (χ1n) is 9.36. The molecular weight excluding hydrogens is 336 g/mol. The van der Waals surface area contributed by atoms with Crippen LogP contribution in [0.2, 0.25) is 0 Å². The van der Waals surface area contributed by atoms with Crippen LogP contribution in [0.5, 0.6) is 0 Å². The van der Waals surface area contributed by atoms with Crippen LogP contribution in [-0.4, -0.2) is 34.4 Å². The van der Waals surface area contributed by atoms with Gasteiger partial charge in [-0.05, 0) is 49.1 Å². The summed E-state index contributed by atoms with van der Waals surface area (Å²) in [7, 11) is 2.09. The van der Waals surface area contributed by atoms with Crippen LogP contribution >= 0.6 is 0 Å². The van der Waals surface area contributed by atoms with E-state index in [1.54, 1.807) is 6.21 Å². The molecule has 0 saturated carbocycles. The Morgan fingerprint density at radius 1 is 1.11 bits per heavy atom. The van der Waals surface area contributed by atoms with Gasteiger partial charge >= 0.3 is 5.96 Å².